The highest BCUT2D eigenvalue weighted by Crippen LogP contribution is 2.33. The summed E-state index contributed by atoms with van der Waals surface area (Å²) in [7, 11) is 1.83. The largest absolute Gasteiger partial charge is 0.475 e. The normalized spacial score (nSPS) is 20.5. The van der Waals surface area contributed by atoms with Crippen LogP contribution in [0.3, 0.4) is 0 Å². The average molecular weight is 404 g/mol. The minimum atomic E-state index is 0.132. The smallest absolute Gasteiger partial charge is 0.213 e. The van der Waals surface area contributed by atoms with E-state index >= 15 is 0 Å². The van der Waals surface area contributed by atoms with Gasteiger partial charge in [0.15, 0.2) is 5.96 Å². The molecule has 0 aromatic carbocycles. The maximum Gasteiger partial charge on any atom is 0.213 e. The Hall–Kier alpha value is -1.86. The Morgan fingerprint density at radius 3 is 2.59 bits per heavy atom. The Bertz CT molecular complexity index is 635. The molecule has 1 aliphatic heterocycles. The van der Waals surface area contributed by atoms with Gasteiger partial charge >= 0.3 is 0 Å². The average Bonchev–Trinajstić information content (AvgIpc) is 2.76. The fourth-order valence-electron chi connectivity index (χ4n) is 4.33. The van der Waals surface area contributed by atoms with Crippen molar-refractivity contribution >= 4 is 5.96 Å². The first-order chi connectivity index (χ1) is 14.1. The molecular weight excluding hydrogens is 366 g/mol. The summed E-state index contributed by atoms with van der Waals surface area (Å²) < 4.78 is 11.2. The number of hydrogen-bond donors (Lipinski definition) is 2. The van der Waals surface area contributed by atoms with Crippen LogP contribution in [0.25, 0.3) is 0 Å². The maximum absolute atomic E-state index is 5.61. The molecule has 0 atom stereocenters. The molecule has 1 saturated carbocycles. The zero-order valence-electron chi connectivity index (χ0n) is 18.2. The van der Waals surface area contributed by atoms with Crippen LogP contribution in [0.1, 0.15) is 51.5 Å². The van der Waals surface area contributed by atoms with E-state index in [1.807, 2.05) is 39.2 Å². The van der Waals surface area contributed by atoms with Gasteiger partial charge in [0.05, 0.1) is 19.3 Å². The van der Waals surface area contributed by atoms with Crippen LogP contribution in [0.4, 0.5) is 0 Å². The number of hydrogen-bond acceptors (Lipinski definition) is 5. The predicted octanol–water partition coefficient (Wildman–Crippen LogP) is 2.57. The molecule has 0 bridgehead atoms. The second-order valence-electron chi connectivity index (χ2n) is 8.34. The van der Waals surface area contributed by atoms with Crippen molar-refractivity contribution in [1.82, 2.24) is 20.5 Å². The van der Waals surface area contributed by atoms with Gasteiger partial charge in [-0.1, -0.05) is 25.3 Å². The third-order valence-electron chi connectivity index (χ3n) is 5.89. The van der Waals surface area contributed by atoms with E-state index in [-0.39, 0.29) is 11.6 Å². The van der Waals surface area contributed by atoms with E-state index in [9.17, 15) is 0 Å². The number of ether oxygens (including phenoxy) is 2. The minimum Gasteiger partial charge on any atom is -0.475 e. The zero-order chi connectivity index (χ0) is 20.5. The Balaban J connectivity index is 1.53. The molecule has 7 nitrogen and oxygen atoms in total. The molecule has 29 heavy (non-hydrogen) atoms. The standard InChI is InChI=1S/C22H37N5O2/c1-18(2)29-20-8-7-19(15-24-20)16-25-21(23-3)26-17-22(9-5-4-6-10-22)27-11-13-28-14-12-27/h7-8,15,18H,4-6,9-14,16-17H2,1-3H3,(H2,23,25,26). The number of aromatic nitrogens is 1. The summed E-state index contributed by atoms with van der Waals surface area (Å²) in [5, 5.41) is 7.02. The summed E-state index contributed by atoms with van der Waals surface area (Å²) in [5.41, 5.74) is 1.32. The highest BCUT2D eigenvalue weighted by molar-refractivity contribution is 5.79. The molecule has 1 aromatic rings. The monoisotopic (exact) mass is 403 g/mol. The fourth-order valence-corrected chi connectivity index (χ4v) is 4.33. The van der Waals surface area contributed by atoms with E-state index in [0.29, 0.717) is 12.4 Å². The second-order valence-corrected chi connectivity index (χ2v) is 8.34. The van der Waals surface area contributed by atoms with E-state index < -0.39 is 0 Å². The first kappa shape index (κ1) is 21.8. The molecule has 1 aliphatic carbocycles. The molecule has 1 saturated heterocycles. The second kappa shape index (κ2) is 10.8. The van der Waals surface area contributed by atoms with Crippen LogP contribution in [-0.2, 0) is 11.3 Å². The van der Waals surface area contributed by atoms with Gasteiger partial charge in [0.1, 0.15) is 0 Å². The van der Waals surface area contributed by atoms with Crippen molar-refractivity contribution in [3.8, 4) is 5.88 Å². The van der Waals surface area contributed by atoms with Gasteiger partial charge in [-0.25, -0.2) is 4.98 Å². The van der Waals surface area contributed by atoms with Gasteiger partial charge in [0.2, 0.25) is 5.88 Å². The molecular formula is C22H37N5O2. The predicted molar refractivity (Wildman–Crippen MR) is 116 cm³/mol. The van der Waals surface area contributed by atoms with Crippen LogP contribution >= 0.6 is 0 Å². The van der Waals surface area contributed by atoms with Gasteiger partial charge in [-0.15, -0.1) is 0 Å². The Labute approximate surface area is 175 Å². The lowest BCUT2D eigenvalue weighted by atomic mass is 9.80. The summed E-state index contributed by atoms with van der Waals surface area (Å²) in [6.07, 6.45) is 8.45. The number of morpholine rings is 1. The molecule has 0 unspecified atom stereocenters. The van der Waals surface area contributed by atoms with Gasteiger partial charge in [-0.2, -0.15) is 0 Å². The molecule has 0 amide bonds. The first-order valence-electron chi connectivity index (χ1n) is 11.0. The summed E-state index contributed by atoms with van der Waals surface area (Å²) in [5.74, 6) is 1.50. The summed E-state index contributed by atoms with van der Waals surface area (Å²) in [6.45, 7) is 9.36. The van der Waals surface area contributed by atoms with E-state index in [2.05, 4.69) is 25.5 Å². The van der Waals surface area contributed by atoms with Crippen molar-refractivity contribution < 1.29 is 9.47 Å². The van der Waals surface area contributed by atoms with Crippen molar-refractivity contribution in [3.63, 3.8) is 0 Å². The highest BCUT2D eigenvalue weighted by atomic mass is 16.5. The van der Waals surface area contributed by atoms with Crippen LogP contribution in [0, 0.1) is 0 Å². The Morgan fingerprint density at radius 1 is 1.21 bits per heavy atom. The molecule has 3 rings (SSSR count). The third kappa shape index (κ3) is 6.31. The highest BCUT2D eigenvalue weighted by Gasteiger charge is 2.38. The molecule has 1 aromatic heterocycles. The number of guanidine groups is 1. The number of aliphatic imine (C=N–C) groups is 1. The number of nitrogens with zero attached hydrogens (tertiary/aromatic N) is 3. The van der Waals surface area contributed by atoms with Crippen molar-refractivity contribution in [2.24, 2.45) is 4.99 Å². The van der Waals surface area contributed by atoms with E-state index in [1.54, 1.807) is 0 Å². The fraction of sp³-hybridized carbons (Fsp3) is 0.727. The maximum atomic E-state index is 5.61. The van der Waals surface area contributed by atoms with Gasteiger partial charge in [0.25, 0.3) is 0 Å². The van der Waals surface area contributed by atoms with Crippen molar-refractivity contribution in [1.29, 1.82) is 0 Å². The van der Waals surface area contributed by atoms with Crippen LogP contribution in [0.15, 0.2) is 23.3 Å². The molecule has 0 spiro atoms. The Morgan fingerprint density at radius 2 is 1.97 bits per heavy atom. The van der Waals surface area contributed by atoms with Crippen molar-refractivity contribution in [2.75, 3.05) is 39.9 Å². The summed E-state index contributed by atoms with van der Waals surface area (Å²) in [6, 6.07) is 3.96. The molecule has 7 heteroatoms. The van der Waals surface area contributed by atoms with Gasteiger partial charge in [-0.3, -0.25) is 9.89 Å². The number of pyridine rings is 1. The minimum absolute atomic E-state index is 0.132. The molecule has 2 aliphatic rings. The van der Waals surface area contributed by atoms with Gasteiger partial charge in [0, 0.05) is 51.0 Å². The molecule has 0 radical (unpaired) electrons. The van der Waals surface area contributed by atoms with Crippen LogP contribution < -0.4 is 15.4 Å². The molecule has 2 N–H and O–H groups in total. The van der Waals surface area contributed by atoms with Gasteiger partial charge in [-0.05, 0) is 32.3 Å². The quantitative estimate of drug-likeness (QED) is 0.539. The lowest BCUT2D eigenvalue weighted by Gasteiger charge is -2.48. The van der Waals surface area contributed by atoms with Crippen LogP contribution in [-0.4, -0.2) is 67.4 Å². The molecule has 2 heterocycles. The third-order valence-corrected chi connectivity index (χ3v) is 5.89. The van der Waals surface area contributed by atoms with Crippen molar-refractivity contribution in [3.05, 3.63) is 23.9 Å². The SMILES string of the molecule is CN=C(NCc1ccc(OC(C)C)nc1)NCC1(N2CCOCC2)CCCCC1. The summed E-state index contributed by atoms with van der Waals surface area (Å²) in [4.78, 5) is 11.4. The van der Waals surface area contributed by atoms with E-state index in [4.69, 9.17) is 9.47 Å². The van der Waals surface area contributed by atoms with Gasteiger partial charge < -0.3 is 20.1 Å². The topological polar surface area (TPSA) is 71.0 Å². The molecule has 2 fully saturated rings. The van der Waals surface area contributed by atoms with E-state index in [1.165, 1.54) is 32.1 Å². The lowest BCUT2D eigenvalue weighted by Crippen LogP contribution is -2.60. The van der Waals surface area contributed by atoms with Crippen LogP contribution in [0.2, 0.25) is 0 Å². The zero-order valence-corrected chi connectivity index (χ0v) is 18.2. The van der Waals surface area contributed by atoms with Crippen LogP contribution in [0.5, 0.6) is 5.88 Å². The summed E-state index contributed by atoms with van der Waals surface area (Å²) >= 11 is 0. The number of nitrogens with one attached hydrogen (secondary N) is 2. The lowest BCUT2D eigenvalue weighted by molar-refractivity contribution is -0.0352. The first-order valence-corrected chi connectivity index (χ1v) is 11.0. The van der Waals surface area contributed by atoms with Crippen molar-refractivity contribution in [2.45, 2.75) is 64.1 Å². The molecule has 162 valence electrons. The number of rotatable bonds is 7. The van der Waals surface area contributed by atoms with E-state index in [0.717, 1.165) is 44.4 Å². The Kier molecular flexibility index (Phi) is 8.12.